The van der Waals surface area contributed by atoms with Gasteiger partial charge in [-0.15, -0.1) is 11.3 Å². The summed E-state index contributed by atoms with van der Waals surface area (Å²) in [6.45, 7) is 2.67. The fourth-order valence-electron chi connectivity index (χ4n) is 1.79. The molecule has 0 aliphatic heterocycles. The summed E-state index contributed by atoms with van der Waals surface area (Å²) in [5.41, 5.74) is 1.98. The molecule has 2 rings (SSSR count). The lowest BCUT2D eigenvalue weighted by Gasteiger charge is -2.03. The molecule has 0 bridgehead atoms. The lowest BCUT2D eigenvalue weighted by molar-refractivity contribution is 0.152. The van der Waals surface area contributed by atoms with E-state index in [0.29, 0.717) is 19.6 Å². The van der Waals surface area contributed by atoms with Crippen LogP contribution in [0.3, 0.4) is 0 Å². The van der Waals surface area contributed by atoms with Crippen molar-refractivity contribution in [1.29, 1.82) is 0 Å². The summed E-state index contributed by atoms with van der Waals surface area (Å²) < 4.78 is 10.0. The van der Waals surface area contributed by atoms with Crippen LogP contribution in [0.2, 0.25) is 0 Å². The highest BCUT2D eigenvalue weighted by Crippen LogP contribution is 2.26. The molecule has 0 spiro atoms. The number of carbonyl (C=O) groups is 1. The van der Waals surface area contributed by atoms with Crippen molar-refractivity contribution in [2.45, 2.75) is 13.3 Å². The number of thiazole rings is 1. The Hall–Kier alpha value is -2.08. The fourth-order valence-corrected chi connectivity index (χ4v) is 2.64. The first kappa shape index (κ1) is 15.3. The molecule has 6 heteroatoms. The molecule has 0 saturated carbocycles. The molecule has 112 valence electrons. The van der Waals surface area contributed by atoms with E-state index in [1.165, 1.54) is 0 Å². The SMILES string of the molecule is CCOC(=O)NCCc1csc(-c2cccc(OC)c2)n1. The molecule has 2 aromatic rings. The molecule has 0 fully saturated rings. The Bertz CT molecular complexity index is 598. The van der Waals surface area contributed by atoms with Crippen molar-refractivity contribution in [2.75, 3.05) is 20.3 Å². The first-order valence-electron chi connectivity index (χ1n) is 6.72. The van der Waals surface area contributed by atoms with E-state index < -0.39 is 0 Å². The third kappa shape index (κ3) is 4.46. The van der Waals surface area contributed by atoms with Gasteiger partial charge in [0.2, 0.25) is 0 Å². The molecule has 0 saturated heterocycles. The molecule has 1 aromatic heterocycles. The van der Waals surface area contributed by atoms with Crippen molar-refractivity contribution >= 4 is 17.4 Å². The van der Waals surface area contributed by atoms with Crippen molar-refractivity contribution in [3.8, 4) is 16.3 Å². The van der Waals surface area contributed by atoms with Crippen LogP contribution in [0.1, 0.15) is 12.6 Å². The summed E-state index contributed by atoms with van der Waals surface area (Å²) in [6, 6.07) is 7.81. The Morgan fingerprint density at radius 1 is 1.43 bits per heavy atom. The molecule has 0 aliphatic rings. The predicted molar refractivity (Wildman–Crippen MR) is 82.8 cm³/mol. The van der Waals surface area contributed by atoms with Crippen LogP contribution in [0, 0.1) is 0 Å². The monoisotopic (exact) mass is 306 g/mol. The number of hydrogen-bond donors (Lipinski definition) is 1. The van der Waals surface area contributed by atoms with E-state index in [-0.39, 0.29) is 6.09 Å². The Labute approximate surface area is 127 Å². The number of methoxy groups -OCH3 is 1. The van der Waals surface area contributed by atoms with Gasteiger partial charge in [0.05, 0.1) is 19.4 Å². The number of amides is 1. The maximum Gasteiger partial charge on any atom is 0.407 e. The average molecular weight is 306 g/mol. The number of ether oxygens (including phenoxy) is 2. The smallest absolute Gasteiger partial charge is 0.407 e. The molecule has 5 nitrogen and oxygen atoms in total. The van der Waals surface area contributed by atoms with Gasteiger partial charge in [-0.05, 0) is 19.1 Å². The zero-order valence-electron chi connectivity index (χ0n) is 12.1. The summed E-state index contributed by atoms with van der Waals surface area (Å²) in [6.07, 6.45) is 0.292. The van der Waals surface area contributed by atoms with Crippen LogP contribution in [-0.4, -0.2) is 31.3 Å². The van der Waals surface area contributed by atoms with E-state index in [0.717, 1.165) is 22.0 Å². The van der Waals surface area contributed by atoms with E-state index in [1.54, 1.807) is 25.4 Å². The highest BCUT2D eigenvalue weighted by atomic mass is 32.1. The molecule has 1 amide bonds. The summed E-state index contributed by atoms with van der Waals surface area (Å²) in [4.78, 5) is 15.7. The maximum absolute atomic E-state index is 11.2. The number of hydrogen-bond acceptors (Lipinski definition) is 5. The van der Waals surface area contributed by atoms with Crippen molar-refractivity contribution in [1.82, 2.24) is 10.3 Å². The van der Waals surface area contributed by atoms with Gasteiger partial charge >= 0.3 is 6.09 Å². The Balaban J connectivity index is 1.93. The van der Waals surface area contributed by atoms with Gasteiger partial charge < -0.3 is 14.8 Å². The second-order valence-corrected chi connectivity index (χ2v) is 5.13. The molecule has 1 aromatic carbocycles. The standard InChI is InChI=1S/C15H18N2O3S/c1-3-20-15(18)16-8-7-12-10-21-14(17-12)11-5-4-6-13(9-11)19-2/h4-6,9-10H,3,7-8H2,1-2H3,(H,16,18). The number of aromatic nitrogens is 1. The highest BCUT2D eigenvalue weighted by Gasteiger charge is 2.06. The number of benzene rings is 1. The zero-order valence-corrected chi connectivity index (χ0v) is 12.9. The minimum absolute atomic E-state index is 0.378. The van der Waals surface area contributed by atoms with Gasteiger partial charge in [-0.1, -0.05) is 12.1 Å². The van der Waals surface area contributed by atoms with Crippen molar-refractivity contribution in [3.63, 3.8) is 0 Å². The minimum atomic E-state index is -0.388. The molecule has 0 aliphatic carbocycles. The van der Waals surface area contributed by atoms with E-state index in [1.807, 2.05) is 29.6 Å². The van der Waals surface area contributed by atoms with Crippen LogP contribution in [-0.2, 0) is 11.2 Å². The predicted octanol–water partition coefficient (Wildman–Crippen LogP) is 3.11. The summed E-state index contributed by atoms with van der Waals surface area (Å²) in [7, 11) is 1.65. The highest BCUT2D eigenvalue weighted by molar-refractivity contribution is 7.13. The van der Waals surface area contributed by atoms with Gasteiger partial charge in [0, 0.05) is 23.9 Å². The van der Waals surface area contributed by atoms with Crippen LogP contribution >= 0.6 is 11.3 Å². The van der Waals surface area contributed by atoms with Crippen LogP contribution in [0.5, 0.6) is 5.75 Å². The molecule has 0 unspecified atom stereocenters. The quantitative estimate of drug-likeness (QED) is 0.891. The van der Waals surface area contributed by atoms with Crippen LogP contribution in [0.25, 0.3) is 10.6 Å². The number of nitrogens with one attached hydrogen (secondary N) is 1. The Morgan fingerprint density at radius 2 is 2.29 bits per heavy atom. The third-order valence-corrected chi connectivity index (χ3v) is 3.73. The van der Waals surface area contributed by atoms with Gasteiger partial charge in [-0.3, -0.25) is 0 Å². The van der Waals surface area contributed by atoms with Crippen molar-refractivity contribution in [2.24, 2.45) is 0 Å². The van der Waals surface area contributed by atoms with Gasteiger partial charge in [0.25, 0.3) is 0 Å². The molecule has 0 atom stereocenters. The van der Waals surface area contributed by atoms with E-state index >= 15 is 0 Å². The third-order valence-electron chi connectivity index (χ3n) is 2.79. The summed E-state index contributed by atoms with van der Waals surface area (Å²) in [5.74, 6) is 0.813. The van der Waals surface area contributed by atoms with Gasteiger partial charge in [-0.25, -0.2) is 9.78 Å². The van der Waals surface area contributed by atoms with Crippen molar-refractivity contribution < 1.29 is 14.3 Å². The topological polar surface area (TPSA) is 60.5 Å². The molecular formula is C15H18N2O3S. The lowest BCUT2D eigenvalue weighted by Crippen LogP contribution is -2.26. The number of carbonyl (C=O) groups excluding carboxylic acids is 1. The van der Waals surface area contributed by atoms with E-state index in [4.69, 9.17) is 9.47 Å². The largest absolute Gasteiger partial charge is 0.497 e. The fraction of sp³-hybridized carbons (Fsp3) is 0.333. The molecule has 1 heterocycles. The summed E-state index contributed by atoms with van der Waals surface area (Å²) in [5, 5.41) is 5.63. The van der Waals surface area contributed by atoms with Crippen LogP contribution in [0.4, 0.5) is 4.79 Å². The first-order chi connectivity index (χ1) is 10.2. The maximum atomic E-state index is 11.2. The Morgan fingerprint density at radius 3 is 3.05 bits per heavy atom. The van der Waals surface area contributed by atoms with Gasteiger partial charge in [-0.2, -0.15) is 0 Å². The van der Waals surface area contributed by atoms with Crippen LogP contribution < -0.4 is 10.1 Å². The molecule has 0 radical (unpaired) electrons. The van der Waals surface area contributed by atoms with E-state index in [9.17, 15) is 4.79 Å². The summed E-state index contributed by atoms with van der Waals surface area (Å²) >= 11 is 1.58. The second-order valence-electron chi connectivity index (χ2n) is 4.27. The minimum Gasteiger partial charge on any atom is -0.497 e. The zero-order chi connectivity index (χ0) is 15.1. The first-order valence-corrected chi connectivity index (χ1v) is 7.60. The van der Waals surface area contributed by atoms with Gasteiger partial charge in [0.1, 0.15) is 10.8 Å². The molecule has 21 heavy (non-hydrogen) atoms. The lowest BCUT2D eigenvalue weighted by atomic mass is 10.2. The number of nitrogens with zero attached hydrogens (tertiary/aromatic N) is 1. The van der Waals surface area contributed by atoms with Crippen LogP contribution in [0.15, 0.2) is 29.6 Å². The van der Waals surface area contributed by atoms with Gasteiger partial charge in [0.15, 0.2) is 0 Å². The Kier molecular flexibility index (Phi) is 5.57. The van der Waals surface area contributed by atoms with E-state index in [2.05, 4.69) is 10.3 Å². The second kappa shape index (κ2) is 7.64. The van der Waals surface area contributed by atoms with Crippen molar-refractivity contribution in [3.05, 3.63) is 35.3 Å². The normalized spacial score (nSPS) is 10.2. The number of alkyl carbamates (subject to hydrolysis) is 1. The molecular weight excluding hydrogens is 288 g/mol. The average Bonchev–Trinajstić information content (AvgIpc) is 2.96. The molecule has 1 N–H and O–H groups in total. The number of rotatable bonds is 6.